The van der Waals surface area contributed by atoms with Gasteiger partial charge in [0, 0.05) is 0 Å². The van der Waals surface area contributed by atoms with Crippen molar-refractivity contribution >= 4 is 53.6 Å². The van der Waals surface area contributed by atoms with E-state index in [1.165, 1.54) is 21.2 Å². The Balaban J connectivity index is 2.31. The Kier molecular flexibility index (Phi) is 3.38. The van der Waals surface area contributed by atoms with Crippen LogP contribution in [0.25, 0.3) is 12.2 Å². The first-order chi connectivity index (χ1) is 8.98. The molecule has 0 aliphatic carbocycles. The summed E-state index contributed by atoms with van der Waals surface area (Å²) in [6.45, 7) is 2.17. The Bertz CT molecular complexity index is 626. The number of fused-ring (bicyclic) bond motifs is 2. The van der Waals surface area contributed by atoms with Crippen molar-refractivity contribution < 1.29 is 0 Å². The Labute approximate surface area is 127 Å². The van der Waals surface area contributed by atoms with Gasteiger partial charge in [-0.1, -0.05) is 0 Å². The van der Waals surface area contributed by atoms with Crippen molar-refractivity contribution in [2.75, 3.05) is 0 Å². The van der Waals surface area contributed by atoms with Crippen molar-refractivity contribution in [2.24, 2.45) is 0 Å². The molecule has 0 atom stereocenters. The van der Waals surface area contributed by atoms with Crippen molar-refractivity contribution in [1.29, 1.82) is 0 Å². The fraction of sp³-hybridized carbons (Fsp3) is 0.176. The second-order valence-corrected chi connectivity index (χ2v) is 19.0. The van der Waals surface area contributed by atoms with Gasteiger partial charge in [0.2, 0.25) is 0 Å². The zero-order valence-electron chi connectivity index (χ0n) is 11.5. The molecule has 19 heavy (non-hydrogen) atoms. The molecule has 2 heteroatoms. The van der Waals surface area contributed by atoms with E-state index in [4.69, 9.17) is 0 Å². The fourth-order valence-corrected chi connectivity index (χ4v) is 12.0. The summed E-state index contributed by atoms with van der Waals surface area (Å²) >= 11 is 1.14. The van der Waals surface area contributed by atoms with Crippen LogP contribution in [-0.2, 0) is 0 Å². The zero-order chi connectivity index (χ0) is 13.6. The van der Waals surface area contributed by atoms with E-state index < -0.39 is 18.4 Å². The summed E-state index contributed by atoms with van der Waals surface area (Å²) in [5.74, 6) is 0. The van der Waals surface area contributed by atoms with Gasteiger partial charge in [0.15, 0.2) is 0 Å². The minimum atomic E-state index is -2.45. The quantitative estimate of drug-likeness (QED) is 0.565. The molecule has 0 saturated heterocycles. The standard InChI is InChI=1S/C15H11Br.2CH3.Sn/c1-12-4-2-5-13(10-12)8-9-14-6-3-7-15(16)11-14;;;/h2-4,7-11H,1H3;2*1H3;. The first kappa shape index (κ1) is 13.4. The van der Waals surface area contributed by atoms with Crippen molar-refractivity contribution in [1.82, 2.24) is 0 Å². The van der Waals surface area contributed by atoms with Gasteiger partial charge in [0.25, 0.3) is 0 Å². The monoisotopic (exact) mass is 420 g/mol. The summed E-state index contributed by atoms with van der Waals surface area (Å²) < 4.78 is 4.37. The van der Waals surface area contributed by atoms with Crippen LogP contribution in [0.15, 0.2) is 40.9 Å². The molecule has 96 valence electrons. The summed E-state index contributed by atoms with van der Waals surface area (Å²) in [5.41, 5.74) is 4.16. The Hall–Kier alpha value is -0.541. The average Bonchev–Trinajstić information content (AvgIpc) is 2.45. The molecule has 1 aliphatic rings. The van der Waals surface area contributed by atoms with E-state index in [9.17, 15) is 0 Å². The maximum absolute atomic E-state index is 3.59. The molecule has 0 aromatic heterocycles. The van der Waals surface area contributed by atoms with Gasteiger partial charge < -0.3 is 0 Å². The molecule has 0 radical (unpaired) electrons. The zero-order valence-corrected chi connectivity index (χ0v) is 15.9. The fourth-order valence-electron chi connectivity index (χ4n) is 2.95. The Morgan fingerprint density at radius 3 is 2.11 bits per heavy atom. The molecule has 0 unspecified atom stereocenters. The van der Waals surface area contributed by atoms with Crippen LogP contribution in [0.2, 0.25) is 9.88 Å². The SMILES string of the molecule is Cc1cc[c]2c(c1)C=Cc1cc(Br)cc[c]1[Sn]2([CH3])[CH3]. The molecule has 0 nitrogen and oxygen atoms in total. The van der Waals surface area contributed by atoms with Gasteiger partial charge in [-0.3, -0.25) is 0 Å². The van der Waals surface area contributed by atoms with E-state index in [-0.39, 0.29) is 0 Å². The van der Waals surface area contributed by atoms with Gasteiger partial charge in [-0.2, -0.15) is 0 Å². The maximum atomic E-state index is 3.59. The van der Waals surface area contributed by atoms with Crippen LogP contribution in [0.5, 0.6) is 0 Å². The number of aryl methyl sites for hydroxylation is 1. The van der Waals surface area contributed by atoms with Gasteiger partial charge in [-0.15, -0.1) is 0 Å². The predicted octanol–water partition coefficient (Wildman–Crippen LogP) is 4.06. The van der Waals surface area contributed by atoms with Crippen molar-refractivity contribution in [3.8, 4) is 0 Å². The third-order valence-corrected chi connectivity index (χ3v) is 14.8. The van der Waals surface area contributed by atoms with E-state index in [2.05, 4.69) is 81.3 Å². The van der Waals surface area contributed by atoms with Gasteiger partial charge in [0.05, 0.1) is 0 Å². The first-order valence-corrected chi connectivity index (χ1v) is 15.9. The first-order valence-electron chi connectivity index (χ1n) is 6.58. The summed E-state index contributed by atoms with van der Waals surface area (Å²) in [4.78, 5) is 5.03. The number of halogens is 1. The van der Waals surface area contributed by atoms with Crippen LogP contribution >= 0.6 is 15.9 Å². The third kappa shape index (κ3) is 2.31. The van der Waals surface area contributed by atoms with Crippen LogP contribution in [0.4, 0.5) is 0 Å². The number of benzene rings is 2. The summed E-state index contributed by atoms with van der Waals surface area (Å²) in [6, 6.07) is 13.7. The molecule has 2 aromatic carbocycles. The third-order valence-electron chi connectivity index (χ3n) is 4.01. The molecule has 0 amide bonds. The summed E-state index contributed by atoms with van der Waals surface area (Å²) in [7, 11) is 0. The molecule has 0 fully saturated rings. The van der Waals surface area contributed by atoms with E-state index in [0.717, 1.165) is 0 Å². The van der Waals surface area contributed by atoms with Gasteiger partial charge in [-0.25, -0.2) is 0 Å². The number of hydrogen-bond donors (Lipinski definition) is 0. The van der Waals surface area contributed by atoms with Crippen LogP contribution in [0.3, 0.4) is 0 Å². The van der Waals surface area contributed by atoms with Crippen LogP contribution in [0.1, 0.15) is 16.7 Å². The normalized spacial score (nSPS) is 15.6. The van der Waals surface area contributed by atoms with E-state index in [1.54, 1.807) is 7.16 Å². The van der Waals surface area contributed by atoms with Crippen molar-refractivity contribution in [2.45, 2.75) is 16.8 Å². The summed E-state index contributed by atoms with van der Waals surface area (Å²) in [6.07, 6.45) is 4.57. The second kappa shape index (κ2) is 4.78. The van der Waals surface area contributed by atoms with Crippen LogP contribution < -0.4 is 7.16 Å². The van der Waals surface area contributed by atoms with Gasteiger partial charge in [0.1, 0.15) is 0 Å². The second-order valence-electron chi connectivity index (χ2n) is 5.78. The van der Waals surface area contributed by atoms with E-state index >= 15 is 0 Å². The summed E-state index contributed by atoms with van der Waals surface area (Å²) in [5, 5.41) is 0. The molecule has 2 aromatic rings. The van der Waals surface area contributed by atoms with Crippen LogP contribution in [0, 0.1) is 6.92 Å². The molecular formula is C17H17BrSn. The molecule has 0 spiro atoms. The van der Waals surface area contributed by atoms with Crippen molar-refractivity contribution in [3.05, 3.63) is 57.6 Å². The molecule has 1 aliphatic heterocycles. The van der Waals surface area contributed by atoms with Crippen molar-refractivity contribution in [3.63, 3.8) is 0 Å². The Morgan fingerprint density at radius 1 is 0.842 bits per heavy atom. The molecule has 3 rings (SSSR count). The molecule has 1 heterocycles. The molecule has 0 N–H and O–H groups in total. The van der Waals surface area contributed by atoms with Gasteiger partial charge in [-0.05, 0) is 0 Å². The van der Waals surface area contributed by atoms with Gasteiger partial charge >= 0.3 is 128 Å². The number of hydrogen-bond acceptors (Lipinski definition) is 0. The minimum absolute atomic E-state index is 1.17. The predicted molar refractivity (Wildman–Crippen MR) is 91.0 cm³/mol. The Morgan fingerprint density at radius 2 is 1.42 bits per heavy atom. The molecular weight excluding hydrogens is 403 g/mol. The topological polar surface area (TPSA) is 0 Å². The van der Waals surface area contributed by atoms with E-state index in [0.29, 0.717) is 0 Å². The average molecular weight is 420 g/mol. The molecule has 0 bridgehead atoms. The number of rotatable bonds is 0. The molecule has 0 saturated carbocycles. The van der Waals surface area contributed by atoms with E-state index in [1.807, 2.05) is 0 Å². The van der Waals surface area contributed by atoms with Crippen LogP contribution in [-0.4, -0.2) is 18.4 Å².